The van der Waals surface area contributed by atoms with E-state index in [1.54, 1.807) is 19.2 Å². The Morgan fingerprint density at radius 1 is 1.11 bits per heavy atom. The molecular weight excluding hydrogens is 495 g/mol. The number of alkyl halides is 3. The molecule has 0 spiro atoms. The number of hydrogen-bond donors (Lipinski definition) is 0. The lowest BCUT2D eigenvalue weighted by atomic mass is 9.83. The maximum Gasteiger partial charge on any atom is 0.413 e. The highest BCUT2D eigenvalue weighted by atomic mass is 32.1. The van der Waals surface area contributed by atoms with E-state index in [1.165, 1.54) is 22.5 Å². The van der Waals surface area contributed by atoms with E-state index in [-0.39, 0.29) is 17.9 Å². The number of benzene rings is 1. The molecule has 0 aromatic heterocycles. The molecule has 0 atom stereocenters. The molecule has 0 bridgehead atoms. The summed E-state index contributed by atoms with van der Waals surface area (Å²) in [4.78, 5) is 17.7. The SMILES string of the molecule is CCCCC(CCCC)(C(=O)N(C)C1=CC/C(C(F)(F)F)=C(/C#N)C/C=C\1)N(C=S)c1ccc(C)cc1. The lowest BCUT2D eigenvalue weighted by molar-refractivity contribution is -0.134. The van der Waals surface area contributed by atoms with Gasteiger partial charge in [0.1, 0.15) is 5.54 Å². The van der Waals surface area contributed by atoms with Gasteiger partial charge >= 0.3 is 6.18 Å². The predicted molar refractivity (Wildman–Crippen MR) is 147 cm³/mol. The standard InChI is InChI=1S/C29H36F3N3OS/c1-5-7-18-28(19-8-6-2,35(21-37)25-14-12-22(3)13-15-25)27(36)34(4)24-11-9-10-23(20-33)26(17-16-24)29(30,31)32/h9,11-16,21H,5-8,10,17-19H2,1-4H3/b11-9-,24-16?,26-23-. The maximum absolute atomic E-state index is 14.4. The first-order chi connectivity index (χ1) is 17.5. The third-order valence-electron chi connectivity index (χ3n) is 6.82. The zero-order chi connectivity index (χ0) is 27.6. The van der Waals surface area contributed by atoms with Crippen LogP contribution >= 0.6 is 12.2 Å². The van der Waals surface area contributed by atoms with E-state index < -0.39 is 23.7 Å². The first kappa shape index (κ1) is 30.3. The van der Waals surface area contributed by atoms with Gasteiger partial charge in [0.05, 0.1) is 17.1 Å². The number of halogens is 3. The van der Waals surface area contributed by atoms with E-state index in [1.807, 2.05) is 36.1 Å². The second-order valence-corrected chi connectivity index (χ2v) is 9.63. The largest absolute Gasteiger partial charge is 0.413 e. The number of thiocarbonyl (C=S) groups is 1. The van der Waals surface area contributed by atoms with Crippen LogP contribution in [-0.4, -0.2) is 35.1 Å². The first-order valence-electron chi connectivity index (χ1n) is 12.7. The van der Waals surface area contributed by atoms with Crippen molar-refractivity contribution in [2.75, 3.05) is 11.9 Å². The van der Waals surface area contributed by atoms with Gasteiger partial charge in [0.2, 0.25) is 0 Å². The summed E-state index contributed by atoms with van der Waals surface area (Å²) in [5, 5.41) is 9.24. The quantitative estimate of drug-likeness (QED) is 0.272. The van der Waals surface area contributed by atoms with Crippen LogP contribution in [-0.2, 0) is 4.79 Å². The zero-order valence-corrected chi connectivity index (χ0v) is 22.9. The molecule has 0 saturated heterocycles. The van der Waals surface area contributed by atoms with Gasteiger partial charge in [-0.2, -0.15) is 18.4 Å². The average Bonchev–Trinajstić information content (AvgIpc) is 2.85. The summed E-state index contributed by atoms with van der Waals surface area (Å²) in [7, 11) is 1.60. The number of anilines is 1. The van der Waals surface area contributed by atoms with Gasteiger partial charge in [-0.15, -0.1) is 0 Å². The molecule has 8 heteroatoms. The van der Waals surface area contributed by atoms with Crippen molar-refractivity contribution in [2.24, 2.45) is 0 Å². The van der Waals surface area contributed by atoms with Crippen LogP contribution in [0.2, 0.25) is 0 Å². The second kappa shape index (κ2) is 13.6. The van der Waals surface area contributed by atoms with E-state index in [0.717, 1.165) is 36.9 Å². The van der Waals surface area contributed by atoms with Crippen LogP contribution in [0.1, 0.15) is 70.8 Å². The van der Waals surface area contributed by atoms with Crippen molar-refractivity contribution in [3.63, 3.8) is 0 Å². The molecule has 1 amide bonds. The van der Waals surface area contributed by atoms with Crippen molar-refractivity contribution in [3.05, 3.63) is 64.9 Å². The number of hydrogen-bond acceptors (Lipinski definition) is 3. The van der Waals surface area contributed by atoms with Gasteiger partial charge in [-0.25, -0.2) is 0 Å². The Labute approximate surface area is 224 Å². The number of carbonyl (C=O) groups excluding carboxylic acids is 1. The smallest absolute Gasteiger partial charge is 0.323 e. The monoisotopic (exact) mass is 531 g/mol. The van der Waals surface area contributed by atoms with Gasteiger partial charge in [-0.05, 0) is 44.4 Å². The first-order valence-corrected chi connectivity index (χ1v) is 13.2. The highest BCUT2D eigenvalue weighted by Crippen LogP contribution is 2.37. The summed E-state index contributed by atoms with van der Waals surface area (Å²) in [5.41, 5.74) is 1.61. The predicted octanol–water partition coefficient (Wildman–Crippen LogP) is 7.95. The molecule has 0 fully saturated rings. The Hall–Kier alpha value is -2.92. The van der Waals surface area contributed by atoms with Crippen LogP contribution in [0.3, 0.4) is 0 Å². The van der Waals surface area contributed by atoms with Crippen molar-refractivity contribution >= 4 is 29.3 Å². The molecule has 200 valence electrons. The van der Waals surface area contributed by atoms with E-state index in [9.17, 15) is 23.2 Å². The van der Waals surface area contributed by atoms with Gasteiger partial charge < -0.3 is 9.80 Å². The third-order valence-corrected chi connectivity index (χ3v) is 7.03. The zero-order valence-electron chi connectivity index (χ0n) is 22.1. The summed E-state index contributed by atoms with van der Waals surface area (Å²) < 4.78 is 40.9. The van der Waals surface area contributed by atoms with Crippen molar-refractivity contribution in [1.29, 1.82) is 5.26 Å². The highest BCUT2D eigenvalue weighted by molar-refractivity contribution is 7.79. The van der Waals surface area contributed by atoms with Gasteiger partial charge in [0, 0.05) is 30.4 Å². The number of allylic oxidation sites excluding steroid dienone is 5. The summed E-state index contributed by atoms with van der Waals surface area (Å²) >= 11 is 5.46. The number of nitriles is 1. The van der Waals surface area contributed by atoms with Crippen LogP contribution in [0.25, 0.3) is 0 Å². The van der Waals surface area contributed by atoms with E-state index in [2.05, 4.69) is 13.8 Å². The number of nitrogens with zero attached hydrogens (tertiary/aromatic N) is 3. The topological polar surface area (TPSA) is 47.3 Å². The Morgan fingerprint density at radius 3 is 2.19 bits per heavy atom. The van der Waals surface area contributed by atoms with Crippen LogP contribution < -0.4 is 4.90 Å². The van der Waals surface area contributed by atoms with Crippen molar-refractivity contribution in [2.45, 2.75) is 83.9 Å². The maximum atomic E-state index is 14.4. The summed E-state index contributed by atoms with van der Waals surface area (Å²) in [6, 6.07) is 9.51. The number of carbonyl (C=O) groups is 1. The van der Waals surface area contributed by atoms with Crippen LogP contribution in [0.4, 0.5) is 18.9 Å². The minimum atomic E-state index is -4.62. The van der Waals surface area contributed by atoms with Gasteiger partial charge in [0.25, 0.3) is 5.91 Å². The number of amides is 1. The Kier molecular flexibility index (Phi) is 11.1. The molecule has 0 saturated carbocycles. The number of likely N-dealkylation sites (N-methyl/N-ethyl adjacent to an activating group) is 1. The van der Waals surface area contributed by atoms with Gasteiger partial charge in [0.15, 0.2) is 0 Å². The molecule has 0 aliphatic heterocycles. The fourth-order valence-corrected chi connectivity index (χ4v) is 4.96. The average molecular weight is 532 g/mol. The molecule has 0 heterocycles. The van der Waals surface area contributed by atoms with Crippen LogP contribution in [0.15, 0.2) is 59.3 Å². The van der Waals surface area contributed by atoms with Crippen molar-refractivity contribution in [1.82, 2.24) is 4.90 Å². The van der Waals surface area contributed by atoms with Crippen molar-refractivity contribution in [3.8, 4) is 6.07 Å². The molecule has 0 unspecified atom stereocenters. The summed E-state index contributed by atoms with van der Waals surface area (Å²) in [6.45, 7) is 6.11. The molecule has 2 rings (SSSR count). The van der Waals surface area contributed by atoms with Gasteiger partial charge in [-0.3, -0.25) is 4.79 Å². The number of unbranched alkanes of at least 4 members (excludes halogenated alkanes) is 2. The Balaban J connectivity index is 2.59. The van der Waals surface area contributed by atoms with E-state index in [4.69, 9.17) is 12.2 Å². The highest BCUT2D eigenvalue weighted by Gasteiger charge is 2.45. The van der Waals surface area contributed by atoms with Gasteiger partial charge in [-0.1, -0.05) is 81.6 Å². The molecule has 1 aromatic rings. The Bertz CT molecular complexity index is 1070. The molecule has 1 aliphatic carbocycles. The molecule has 1 aromatic carbocycles. The molecule has 37 heavy (non-hydrogen) atoms. The third kappa shape index (κ3) is 7.32. The molecule has 0 N–H and O–H groups in total. The normalized spacial score (nSPS) is 17.2. The fourth-order valence-electron chi connectivity index (χ4n) is 4.63. The Morgan fingerprint density at radius 2 is 1.70 bits per heavy atom. The lowest BCUT2D eigenvalue weighted by Gasteiger charge is -2.44. The fraction of sp³-hybridized carbons (Fsp3) is 0.483. The number of aryl methyl sites for hydroxylation is 1. The summed E-state index contributed by atoms with van der Waals surface area (Å²) in [5.74, 6) is -0.217. The number of rotatable bonds is 11. The molecule has 4 nitrogen and oxygen atoms in total. The molecule has 0 radical (unpaired) electrons. The van der Waals surface area contributed by atoms with Crippen LogP contribution in [0.5, 0.6) is 0 Å². The van der Waals surface area contributed by atoms with E-state index >= 15 is 0 Å². The molecular formula is C29H36F3N3OS. The minimum absolute atomic E-state index is 0.142. The van der Waals surface area contributed by atoms with Crippen molar-refractivity contribution < 1.29 is 18.0 Å². The minimum Gasteiger partial charge on any atom is -0.323 e. The lowest BCUT2D eigenvalue weighted by Crippen LogP contribution is -2.58. The second-order valence-electron chi connectivity index (χ2n) is 9.42. The molecule has 1 aliphatic rings. The summed E-state index contributed by atoms with van der Waals surface area (Å²) in [6.07, 6.45) is 3.72. The van der Waals surface area contributed by atoms with Crippen LogP contribution in [0, 0.1) is 18.3 Å². The van der Waals surface area contributed by atoms with E-state index in [0.29, 0.717) is 18.5 Å².